The molecule has 2 aromatic rings. The van der Waals surface area contributed by atoms with Crippen LogP contribution in [0.15, 0.2) is 36.4 Å². The highest BCUT2D eigenvalue weighted by Gasteiger charge is 2.16. The van der Waals surface area contributed by atoms with Crippen molar-refractivity contribution in [2.45, 2.75) is 0 Å². The Morgan fingerprint density at radius 3 is 2.47 bits per heavy atom. The molecule has 0 spiro atoms. The van der Waals surface area contributed by atoms with Gasteiger partial charge in [0.25, 0.3) is 0 Å². The highest BCUT2D eigenvalue weighted by Crippen LogP contribution is 2.27. The van der Waals surface area contributed by atoms with E-state index in [2.05, 4.69) is 15.7 Å². The number of nitrogen functional groups attached to an aromatic ring is 1. The van der Waals surface area contributed by atoms with Gasteiger partial charge in [-0.2, -0.15) is 0 Å². The van der Waals surface area contributed by atoms with Crippen molar-refractivity contribution >= 4 is 34.6 Å². The second-order valence-electron chi connectivity index (χ2n) is 3.60. The van der Waals surface area contributed by atoms with Crippen LogP contribution in [-0.2, 0) is 0 Å². The first-order valence-electron chi connectivity index (χ1n) is 5.25. The Morgan fingerprint density at radius 1 is 1.21 bits per heavy atom. The van der Waals surface area contributed by atoms with E-state index in [-0.39, 0.29) is 11.5 Å². The van der Waals surface area contributed by atoms with E-state index in [9.17, 15) is 10.1 Å². The highest BCUT2D eigenvalue weighted by atomic mass is 35.5. The van der Waals surface area contributed by atoms with Gasteiger partial charge in [-0.15, -0.1) is 0 Å². The topological polar surface area (TPSA) is 106 Å². The summed E-state index contributed by atoms with van der Waals surface area (Å²) in [7, 11) is 0. The van der Waals surface area contributed by atoms with Gasteiger partial charge in [0.05, 0.1) is 4.92 Å². The van der Waals surface area contributed by atoms with Crippen molar-refractivity contribution in [1.82, 2.24) is 4.98 Å². The average molecular weight is 280 g/mol. The number of rotatable bonds is 4. The van der Waals surface area contributed by atoms with Gasteiger partial charge in [0, 0.05) is 16.8 Å². The van der Waals surface area contributed by atoms with Gasteiger partial charge in [0.1, 0.15) is 5.82 Å². The lowest BCUT2D eigenvalue weighted by atomic mass is 10.3. The number of aromatic nitrogens is 1. The molecule has 0 radical (unpaired) electrons. The van der Waals surface area contributed by atoms with Crippen molar-refractivity contribution in [1.29, 1.82) is 0 Å². The monoisotopic (exact) mass is 279 g/mol. The van der Waals surface area contributed by atoms with E-state index < -0.39 is 4.92 Å². The zero-order chi connectivity index (χ0) is 13.8. The van der Waals surface area contributed by atoms with Crippen LogP contribution in [-0.4, -0.2) is 9.91 Å². The fraction of sp³-hybridized carbons (Fsp3) is 0. The third-order valence-electron chi connectivity index (χ3n) is 2.33. The number of nitrogens with two attached hydrogens (primary N) is 1. The Labute approximate surface area is 113 Å². The maximum absolute atomic E-state index is 10.9. The molecule has 19 heavy (non-hydrogen) atoms. The van der Waals surface area contributed by atoms with Crippen LogP contribution in [0.2, 0.25) is 5.02 Å². The summed E-state index contributed by atoms with van der Waals surface area (Å²) in [6, 6.07) is 9.46. The summed E-state index contributed by atoms with van der Waals surface area (Å²) >= 11 is 5.77. The predicted molar refractivity (Wildman–Crippen MR) is 73.4 cm³/mol. The van der Waals surface area contributed by atoms with Crippen LogP contribution < -0.4 is 16.6 Å². The highest BCUT2D eigenvalue weighted by molar-refractivity contribution is 6.30. The Morgan fingerprint density at radius 2 is 1.89 bits per heavy atom. The van der Waals surface area contributed by atoms with E-state index in [4.69, 9.17) is 17.4 Å². The summed E-state index contributed by atoms with van der Waals surface area (Å²) in [5, 5.41) is 14.3. The van der Waals surface area contributed by atoms with E-state index in [1.807, 2.05) is 0 Å². The summed E-state index contributed by atoms with van der Waals surface area (Å²) < 4.78 is 0. The normalized spacial score (nSPS) is 10.0. The van der Waals surface area contributed by atoms with E-state index in [1.165, 1.54) is 12.1 Å². The lowest BCUT2D eigenvalue weighted by Crippen LogP contribution is -2.10. The zero-order valence-corrected chi connectivity index (χ0v) is 10.4. The van der Waals surface area contributed by atoms with Gasteiger partial charge in [-0.3, -0.25) is 10.1 Å². The van der Waals surface area contributed by atoms with E-state index in [0.717, 1.165) is 0 Å². The van der Waals surface area contributed by atoms with Gasteiger partial charge in [0.15, 0.2) is 0 Å². The molecule has 0 aliphatic heterocycles. The van der Waals surface area contributed by atoms with Crippen LogP contribution in [0.25, 0.3) is 0 Å². The molecule has 2 rings (SSSR count). The molecule has 0 aliphatic carbocycles. The number of anilines is 3. The third-order valence-corrected chi connectivity index (χ3v) is 2.58. The average Bonchev–Trinajstić information content (AvgIpc) is 2.41. The Balaban J connectivity index is 2.36. The van der Waals surface area contributed by atoms with Crippen LogP contribution in [0.5, 0.6) is 0 Å². The number of nitrogens with zero attached hydrogens (tertiary/aromatic N) is 2. The molecule has 1 heterocycles. The van der Waals surface area contributed by atoms with Gasteiger partial charge in [0.2, 0.25) is 5.82 Å². The summed E-state index contributed by atoms with van der Waals surface area (Å²) in [5.74, 6) is 5.65. The lowest BCUT2D eigenvalue weighted by Gasteiger charge is -2.08. The Hall–Kier alpha value is -2.38. The first-order chi connectivity index (χ1) is 9.10. The van der Waals surface area contributed by atoms with Gasteiger partial charge >= 0.3 is 5.69 Å². The standard InChI is InChI=1S/C11H10ClN5O2/c12-7-1-3-8(4-2-7)14-11-9(17(18)19)5-6-10(15-11)16-13/h1-6H,13H2,(H2,14,15,16). The van der Waals surface area contributed by atoms with E-state index in [0.29, 0.717) is 16.5 Å². The van der Waals surface area contributed by atoms with Gasteiger partial charge in [-0.1, -0.05) is 11.6 Å². The molecule has 7 nitrogen and oxygen atoms in total. The summed E-state index contributed by atoms with van der Waals surface area (Å²) in [6.45, 7) is 0. The first-order valence-corrected chi connectivity index (χ1v) is 5.62. The molecule has 0 saturated carbocycles. The quantitative estimate of drug-likeness (QED) is 0.451. The molecule has 0 amide bonds. The van der Waals surface area contributed by atoms with Crippen LogP contribution in [0, 0.1) is 10.1 Å². The second-order valence-corrected chi connectivity index (χ2v) is 4.03. The second kappa shape index (κ2) is 5.51. The minimum Gasteiger partial charge on any atom is -0.334 e. The maximum atomic E-state index is 10.9. The molecule has 8 heteroatoms. The largest absolute Gasteiger partial charge is 0.334 e. The SMILES string of the molecule is NNc1ccc([N+](=O)[O-])c(Nc2ccc(Cl)cc2)n1. The number of nitro groups is 1. The number of hydrazine groups is 1. The van der Waals surface area contributed by atoms with Crippen molar-refractivity contribution in [3.63, 3.8) is 0 Å². The molecule has 0 unspecified atom stereocenters. The van der Waals surface area contributed by atoms with Crippen molar-refractivity contribution in [3.05, 3.63) is 51.5 Å². The molecule has 0 aliphatic rings. The lowest BCUT2D eigenvalue weighted by molar-refractivity contribution is -0.384. The van der Waals surface area contributed by atoms with Crippen molar-refractivity contribution < 1.29 is 4.92 Å². The molecule has 1 aromatic carbocycles. The fourth-order valence-electron chi connectivity index (χ4n) is 1.44. The summed E-state index contributed by atoms with van der Waals surface area (Å²) in [5.41, 5.74) is 2.82. The van der Waals surface area contributed by atoms with Crippen LogP contribution in [0.1, 0.15) is 0 Å². The molecule has 1 aromatic heterocycles. The molecule has 98 valence electrons. The number of hydrogen-bond acceptors (Lipinski definition) is 6. The van der Waals surface area contributed by atoms with Crippen LogP contribution in [0.3, 0.4) is 0 Å². The van der Waals surface area contributed by atoms with Crippen LogP contribution >= 0.6 is 11.6 Å². The minimum absolute atomic E-state index is 0.0998. The molecular weight excluding hydrogens is 270 g/mol. The summed E-state index contributed by atoms with van der Waals surface area (Å²) in [6.07, 6.45) is 0. The van der Waals surface area contributed by atoms with E-state index >= 15 is 0 Å². The number of hydrogen-bond donors (Lipinski definition) is 3. The Bertz CT molecular complexity index is 603. The number of benzene rings is 1. The van der Waals surface area contributed by atoms with E-state index in [1.54, 1.807) is 24.3 Å². The van der Waals surface area contributed by atoms with Crippen molar-refractivity contribution in [2.75, 3.05) is 10.7 Å². The first kappa shape index (κ1) is 13.1. The molecule has 4 N–H and O–H groups in total. The summed E-state index contributed by atoms with van der Waals surface area (Å²) in [4.78, 5) is 14.4. The minimum atomic E-state index is -0.522. The molecular formula is C11H10ClN5O2. The fourth-order valence-corrected chi connectivity index (χ4v) is 1.57. The number of halogens is 1. The van der Waals surface area contributed by atoms with Gasteiger partial charge in [-0.25, -0.2) is 10.8 Å². The number of pyridine rings is 1. The Kier molecular flexibility index (Phi) is 3.79. The maximum Gasteiger partial charge on any atom is 0.311 e. The van der Waals surface area contributed by atoms with Crippen molar-refractivity contribution in [2.24, 2.45) is 5.84 Å². The van der Waals surface area contributed by atoms with Gasteiger partial charge in [-0.05, 0) is 30.3 Å². The smallest absolute Gasteiger partial charge is 0.311 e. The van der Waals surface area contributed by atoms with Gasteiger partial charge < -0.3 is 10.7 Å². The third kappa shape index (κ3) is 3.09. The molecule has 0 bridgehead atoms. The number of nitrogens with one attached hydrogen (secondary N) is 2. The zero-order valence-electron chi connectivity index (χ0n) is 9.63. The molecule has 0 atom stereocenters. The predicted octanol–water partition coefficient (Wildman–Crippen LogP) is 2.67. The molecule has 0 fully saturated rings. The van der Waals surface area contributed by atoms with Crippen LogP contribution in [0.4, 0.5) is 23.0 Å². The molecule has 0 saturated heterocycles. The van der Waals surface area contributed by atoms with Crippen molar-refractivity contribution in [3.8, 4) is 0 Å².